The molecule has 2 aromatic rings. The van der Waals surface area contributed by atoms with Crippen LogP contribution < -0.4 is 11.1 Å². The molecular formula is C11H10N6. The Morgan fingerprint density at radius 1 is 1.12 bits per heavy atom. The summed E-state index contributed by atoms with van der Waals surface area (Å²) in [6.07, 6.45) is 12.6. The Morgan fingerprint density at radius 2 is 2.06 bits per heavy atom. The van der Waals surface area contributed by atoms with Crippen LogP contribution >= 0.6 is 0 Å². The molecule has 0 spiro atoms. The third-order valence-corrected chi connectivity index (χ3v) is 2.43. The summed E-state index contributed by atoms with van der Waals surface area (Å²) in [5.74, 6) is 1.24. The number of anilines is 1. The Morgan fingerprint density at radius 3 is 3.00 bits per heavy atom. The number of hydrogen-bond donors (Lipinski definition) is 2. The highest BCUT2D eigenvalue weighted by Gasteiger charge is 2.10. The Hall–Kier alpha value is -2.63. The van der Waals surface area contributed by atoms with Crippen LogP contribution in [0.15, 0.2) is 43.2 Å². The maximum absolute atomic E-state index is 5.74. The number of nitrogens with one attached hydrogen (secondary N) is 1. The van der Waals surface area contributed by atoms with Gasteiger partial charge in [-0.15, -0.1) is 0 Å². The first-order valence-electron chi connectivity index (χ1n) is 5.10. The molecule has 17 heavy (non-hydrogen) atoms. The maximum Gasteiger partial charge on any atom is 0.171 e. The third-order valence-electron chi connectivity index (χ3n) is 2.43. The van der Waals surface area contributed by atoms with Crippen molar-refractivity contribution in [3.8, 4) is 0 Å². The van der Waals surface area contributed by atoms with E-state index in [2.05, 4.69) is 20.3 Å². The fourth-order valence-electron chi connectivity index (χ4n) is 1.63. The third kappa shape index (κ3) is 1.55. The number of nitrogens with zero attached hydrogens (tertiary/aromatic N) is 4. The number of aromatic nitrogens is 4. The molecule has 0 aromatic carbocycles. The summed E-state index contributed by atoms with van der Waals surface area (Å²) in [6, 6.07) is 0. The smallest absolute Gasteiger partial charge is 0.171 e. The van der Waals surface area contributed by atoms with Crippen LogP contribution in [0.3, 0.4) is 0 Å². The molecule has 0 radical (unpaired) electrons. The highest BCUT2D eigenvalue weighted by atomic mass is 15.2. The van der Waals surface area contributed by atoms with E-state index in [1.807, 2.05) is 35.1 Å². The topological polar surface area (TPSA) is 81.7 Å². The summed E-state index contributed by atoms with van der Waals surface area (Å²) >= 11 is 0. The fourth-order valence-corrected chi connectivity index (χ4v) is 1.63. The molecule has 3 N–H and O–H groups in total. The Kier molecular flexibility index (Phi) is 2.11. The van der Waals surface area contributed by atoms with Gasteiger partial charge in [-0.1, -0.05) is 12.2 Å². The monoisotopic (exact) mass is 226 g/mol. The van der Waals surface area contributed by atoms with Crippen LogP contribution in [0, 0.1) is 0 Å². The fraction of sp³-hybridized carbons (Fsp3) is 0. The summed E-state index contributed by atoms with van der Waals surface area (Å²) in [5.41, 5.74) is 7.02. The molecule has 0 aliphatic carbocycles. The summed E-state index contributed by atoms with van der Waals surface area (Å²) < 4.78 is 1.83. The SMILES string of the molecule is Nc1ncnc2c1ncn2C1=CC=CC=CN1. The van der Waals surface area contributed by atoms with Gasteiger partial charge in [0.2, 0.25) is 0 Å². The number of rotatable bonds is 1. The van der Waals surface area contributed by atoms with Gasteiger partial charge < -0.3 is 11.1 Å². The van der Waals surface area contributed by atoms with Crippen LogP contribution in [-0.4, -0.2) is 19.5 Å². The molecule has 2 aromatic heterocycles. The maximum atomic E-state index is 5.74. The predicted octanol–water partition coefficient (Wildman–Crippen LogP) is 0.880. The zero-order valence-corrected chi connectivity index (χ0v) is 8.91. The van der Waals surface area contributed by atoms with Crippen molar-refractivity contribution in [2.75, 3.05) is 5.73 Å². The zero-order valence-electron chi connectivity index (χ0n) is 8.91. The zero-order chi connectivity index (χ0) is 11.7. The average molecular weight is 226 g/mol. The minimum Gasteiger partial charge on any atom is -0.382 e. The average Bonchev–Trinajstić information content (AvgIpc) is 2.59. The van der Waals surface area contributed by atoms with Gasteiger partial charge in [0.05, 0.1) is 0 Å². The van der Waals surface area contributed by atoms with Gasteiger partial charge in [0, 0.05) is 6.20 Å². The van der Waals surface area contributed by atoms with Crippen molar-refractivity contribution in [3.05, 3.63) is 43.2 Å². The molecule has 0 unspecified atom stereocenters. The second-order valence-corrected chi connectivity index (χ2v) is 3.49. The number of fused-ring (bicyclic) bond motifs is 1. The minimum atomic E-state index is 0.383. The van der Waals surface area contributed by atoms with Crippen LogP contribution in [0.1, 0.15) is 0 Å². The van der Waals surface area contributed by atoms with Gasteiger partial charge in [-0.2, -0.15) is 0 Å². The van der Waals surface area contributed by atoms with E-state index in [4.69, 9.17) is 5.73 Å². The lowest BCUT2D eigenvalue weighted by atomic mass is 10.4. The molecule has 6 heteroatoms. The normalized spacial score (nSPS) is 14.5. The lowest BCUT2D eigenvalue weighted by Gasteiger charge is -2.07. The second kappa shape index (κ2) is 3.75. The second-order valence-electron chi connectivity index (χ2n) is 3.49. The number of imidazole rings is 1. The molecule has 1 aliphatic heterocycles. The van der Waals surface area contributed by atoms with Crippen LogP contribution in [0.25, 0.3) is 17.0 Å². The Balaban J connectivity index is 2.18. The largest absolute Gasteiger partial charge is 0.382 e. The van der Waals surface area contributed by atoms with Crippen molar-refractivity contribution in [2.45, 2.75) is 0 Å². The van der Waals surface area contributed by atoms with Gasteiger partial charge in [0.25, 0.3) is 0 Å². The van der Waals surface area contributed by atoms with Gasteiger partial charge in [-0.25, -0.2) is 15.0 Å². The molecule has 1 aliphatic rings. The lowest BCUT2D eigenvalue weighted by molar-refractivity contribution is 0.994. The van der Waals surface area contributed by atoms with E-state index in [-0.39, 0.29) is 0 Å². The van der Waals surface area contributed by atoms with E-state index in [0.29, 0.717) is 17.0 Å². The summed E-state index contributed by atoms with van der Waals surface area (Å²) in [7, 11) is 0. The van der Waals surface area contributed by atoms with Crippen LogP contribution in [0.5, 0.6) is 0 Å². The first-order chi connectivity index (χ1) is 8.36. The minimum absolute atomic E-state index is 0.383. The Bertz CT molecular complexity index is 649. The molecule has 3 heterocycles. The van der Waals surface area contributed by atoms with Crippen molar-refractivity contribution in [1.82, 2.24) is 24.8 Å². The van der Waals surface area contributed by atoms with Gasteiger partial charge in [0.1, 0.15) is 18.5 Å². The lowest BCUT2D eigenvalue weighted by Crippen LogP contribution is -2.10. The molecule has 84 valence electrons. The van der Waals surface area contributed by atoms with Crippen LogP contribution in [-0.2, 0) is 0 Å². The highest BCUT2D eigenvalue weighted by molar-refractivity contribution is 5.83. The number of nitrogen functional groups attached to an aromatic ring is 1. The van der Waals surface area contributed by atoms with E-state index < -0.39 is 0 Å². The molecule has 6 nitrogen and oxygen atoms in total. The van der Waals surface area contributed by atoms with Crippen molar-refractivity contribution >= 4 is 22.8 Å². The van der Waals surface area contributed by atoms with Crippen molar-refractivity contribution < 1.29 is 0 Å². The molecule has 0 atom stereocenters. The van der Waals surface area contributed by atoms with Crippen molar-refractivity contribution in [3.63, 3.8) is 0 Å². The molecule has 0 amide bonds. The first kappa shape index (κ1) is 9.59. The summed E-state index contributed by atoms with van der Waals surface area (Å²) in [4.78, 5) is 12.3. The van der Waals surface area contributed by atoms with Gasteiger partial charge in [-0.3, -0.25) is 4.57 Å². The van der Waals surface area contributed by atoms with Gasteiger partial charge >= 0.3 is 0 Å². The van der Waals surface area contributed by atoms with Crippen molar-refractivity contribution in [1.29, 1.82) is 0 Å². The van der Waals surface area contributed by atoms with Gasteiger partial charge in [-0.05, 0) is 12.2 Å². The van der Waals surface area contributed by atoms with Crippen molar-refractivity contribution in [2.24, 2.45) is 0 Å². The van der Waals surface area contributed by atoms with E-state index in [9.17, 15) is 0 Å². The number of allylic oxidation sites excluding steroid dienone is 4. The van der Waals surface area contributed by atoms with Gasteiger partial charge in [0.15, 0.2) is 17.0 Å². The van der Waals surface area contributed by atoms with Crippen LogP contribution in [0.4, 0.5) is 5.82 Å². The molecule has 0 saturated heterocycles. The molecule has 0 saturated carbocycles. The molecule has 0 fully saturated rings. The molecule has 3 rings (SSSR count). The number of hydrogen-bond acceptors (Lipinski definition) is 5. The summed E-state index contributed by atoms with van der Waals surface area (Å²) in [6.45, 7) is 0. The van der Waals surface area contributed by atoms with E-state index >= 15 is 0 Å². The first-order valence-corrected chi connectivity index (χ1v) is 5.10. The summed E-state index contributed by atoms with van der Waals surface area (Å²) in [5, 5.41) is 3.14. The quantitative estimate of drug-likeness (QED) is 0.754. The van der Waals surface area contributed by atoms with E-state index in [0.717, 1.165) is 5.82 Å². The highest BCUT2D eigenvalue weighted by Crippen LogP contribution is 2.17. The van der Waals surface area contributed by atoms with E-state index in [1.54, 1.807) is 6.33 Å². The molecule has 0 bridgehead atoms. The van der Waals surface area contributed by atoms with E-state index in [1.165, 1.54) is 6.33 Å². The molecular weight excluding hydrogens is 216 g/mol. The van der Waals surface area contributed by atoms with Crippen LogP contribution in [0.2, 0.25) is 0 Å². The number of nitrogens with two attached hydrogens (primary N) is 1. The standard InChI is InChI=1S/C11H10N6/c12-10-9-11(15-6-14-10)17(7-16-9)8-4-2-1-3-5-13-8/h1-7,13H,(H2,12,14,15). The Labute approximate surface area is 97.2 Å². The predicted molar refractivity (Wildman–Crippen MR) is 65.4 cm³/mol.